The highest BCUT2D eigenvalue weighted by Gasteiger charge is 2.32. The lowest BCUT2D eigenvalue weighted by atomic mass is 10.2. The standard InChI is InChI=1S/C11H16F3N3O/c1-7(2)17(3-4-18)10-6-8(11(12,13)14)5-9(15)16-10/h5-7,18H,3-4H2,1-2H3,(H2,15,16). The van der Waals surface area contributed by atoms with Crippen LogP contribution in [0.25, 0.3) is 0 Å². The number of alkyl halides is 3. The molecule has 1 aromatic heterocycles. The zero-order valence-electron chi connectivity index (χ0n) is 10.2. The average molecular weight is 263 g/mol. The Kier molecular flexibility index (Phi) is 4.39. The number of pyridine rings is 1. The molecule has 0 aliphatic carbocycles. The molecule has 7 heteroatoms. The molecule has 0 saturated heterocycles. The number of nitrogens with two attached hydrogens (primary N) is 1. The Hall–Kier alpha value is -1.50. The lowest BCUT2D eigenvalue weighted by molar-refractivity contribution is -0.137. The van der Waals surface area contributed by atoms with Gasteiger partial charge in [-0.05, 0) is 26.0 Å². The third-order valence-electron chi connectivity index (χ3n) is 2.42. The summed E-state index contributed by atoms with van der Waals surface area (Å²) in [7, 11) is 0. The molecule has 0 atom stereocenters. The summed E-state index contributed by atoms with van der Waals surface area (Å²) in [6, 6.07) is 1.64. The quantitative estimate of drug-likeness (QED) is 0.870. The van der Waals surface area contributed by atoms with Gasteiger partial charge in [-0.1, -0.05) is 0 Å². The SMILES string of the molecule is CC(C)N(CCO)c1cc(C(F)(F)F)cc(N)n1. The van der Waals surface area contributed by atoms with Crippen LogP contribution in [0.15, 0.2) is 12.1 Å². The van der Waals surface area contributed by atoms with Crippen molar-refractivity contribution in [3.63, 3.8) is 0 Å². The van der Waals surface area contributed by atoms with E-state index in [4.69, 9.17) is 10.8 Å². The minimum Gasteiger partial charge on any atom is -0.395 e. The van der Waals surface area contributed by atoms with Crippen LogP contribution >= 0.6 is 0 Å². The summed E-state index contributed by atoms with van der Waals surface area (Å²) >= 11 is 0. The van der Waals surface area contributed by atoms with Crippen LogP contribution in [0.1, 0.15) is 19.4 Å². The van der Waals surface area contributed by atoms with Crippen molar-refractivity contribution >= 4 is 11.6 Å². The van der Waals surface area contributed by atoms with Crippen molar-refractivity contribution in [3.05, 3.63) is 17.7 Å². The van der Waals surface area contributed by atoms with Crippen LogP contribution in [0.3, 0.4) is 0 Å². The van der Waals surface area contributed by atoms with Crippen molar-refractivity contribution in [2.24, 2.45) is 0 Å². The van der Waals surface area contributed by atoms with Gasteiger partial charge >= 0.3 is 6.18 Å². The number of aliphatic hydroxyl groups is 1. The molecule has 3 N–H and O–H groups in total. The minimum absolute atomic E-state index is 0.0902. The van der Waals surface area contributed by atoms with Gasteiger partial charge in [0.05, 0.1) is 12.2 Å². The fourth-order valence-electron chi connectivity index (χ4n) is 1.59. The van der Waals surface area contributed by atoms with Gasteiger partial charge < -0.3 is 15.7 Å². The lowest BCUT2D eigenvalue weighted by Crippen LogP contribution is -2.34. The fraction of sp³-hybridized carbons (Fsp3) is 0.545. The number of halogens is 3. The first-order valence-electron chi connectivity index (χ1n) is 5.48. The Labute approximate surface area is 103 Å². The number of nitrogens with zero attached hydrogens (tertiary/aromatic N) is 2. The largest absolute Gasteiger partial charge is 0.416 e. The average Bonchev–Trinajstić information content (AvgIpc) is 2.23. The van der Waals surface area contributed by atoms with Gasteiger partial charge in [0.25, 0.3) is 0 Å². The molecule has 4 nitrogen and oxygen atoms in total. The molecule has 1 heterocycles. The van der Waals surface area contributed by atoms with E-state index >= 15 is 0 Å². The first kappa shape index (κ1) is 14.6. The molecule has 0 aliphatic rings. The zero-order valence-corrected chi connectivity index (χ0v) is 10.2. The maximum atomic E-state index is 12.6. The summed E-state index contributed by atoms with van der Waals surface area (Å²) in [6.45, 7) is 3.63. The van der Waals surface area contributed by atoms with Crippen molar-refractivity contribution in [2.45, 2.75) is 26.1 Å². The van der Waals surface area contributed by atoms with Gasteiger partial charge in [-0.25, -0.2) is 4.98 Å². The van der Waals surface area contributed by atoms with Crippen LogP contribution in [0.2, 0.25) is 0 Å². The molecule has 0 fully saturated rings. The van der Waals surface area contributed by atoms with Crippen LogP contribution < -0.4 is 10.6 Å². The van der Waals surface area contributed by atoms with Crippen LogP contribution in [-0.2, 0) is 6.18 Å². The van der Waals surface area contributed by atoms with Crippen LogP contribution in [0.4, 0.5) is 24.8 Å². The Morgan fingerprint density at radius 2 is 2.00 bits per heavy atom. The van der Waals surface area contributed by atoms with Crippen LogP contribution in [-0.4, -0.2) is 29.3 Å². The summed E-state index contributed by atoms with van der Waals surface area (Å²) < 4.78 is 37.9. The van der Waals surface area contributed by atoms with Crippen LogP contribution in [0.5, 0.6) is 0 Å². The molecule has 0 bridgehead atoms. The highest BCUT2D eigenvalue weighted by molar-refractivity contribution is 5.49. The van der Waals surface area contributed by atoms with Gasteiger partial charge in [0.1, 0.15) is 11.6 Å². The van der Waals surface area contributed by atoms with Crippen molar-refractivity contribution in [2.75, 3.05) is 23.8 Å². The van der Waals surface area contributed by atoms with E-state index in [0.29, 0.717) is 0 Å². The molecule has 0 unspecified atom stereocenters. The molecular formula is C11H16F3N3O. The molecule has 1 rings (SSSR count). The minimum atomic E-state index is -4.46. The number of anilines is 2. The second-order valence-corrected chi connectivity index (χ2v) is 4.15. The maximum Gasteiger partial charge on any atom is 0.416 e. The van der Waals surface area contributed by atoms with Crippen molar-refractivity contribution in [3.8, 4) is 0 Å². The smallest absolute Gasteiger partial charge is 0.395 e. The number of rotatable bonds is 4. The van der Waals surface area contributed by atoms with E-state index in [1.807, 2.05) is 0 Å². The topological polar surface area (TPSA) is 62.4 Å². The number of nitrogen functional groups attached to an aromatic ring is 1. The Balaban J connectivity index is 3.19. The molecule has 0 spiro atoms. The Morgan fingerprint density at radius 1 is 1.39 bits per heavy atom. The zero-order chi connectivity index (χ0) is 13.9. The van der Waals surface area contributed by atoms with E-state index in [1.54, 1.807) is 18.7 Å². The van der Waals surface area contributed by atoms with E-state index < -0.39 is 11.7 Å². The third-order valence-corrected chi connectivity index (χ3v) is 2.42. The number of hydrogen-bond donors (Lipinski definition) is 2. The molecule has 0 saturated carbocycles. The molecule has 18 heavy (non-hydrogen) atoms. The van der Waals surface area contributed by atoms with E-state index in [2.05, 4.69) is 4.98 Å². The van der Waals surface area contributed by atoms with Crippen molar-refractivity contribution in [1.29, 1.82) is 0 Å². The molecule has 0 aromatic carbocycles. The summed E-state index contributed by atoms with van der Waals surface area (Å²) in [4.78, 5) is 5.44. The van der Waals surface area contributed by atoms with Gasteiger partial charge in [0, 0.05) is 12.6 Å². The second kappa shape index (κ2) is 5.43. The van der Waals surface area contributed by atoms with E-state index in [9.17, 15) is 13.2 Å². The Morgan fingerprint density at radius 3 is 2.44 bits per heavy atom. The van der Waals surface area contributed by atoms with Crippen LogP contribution in [0, 0.1) is 0 Å². The van der Waals surface area contributed by atoms with Gasteiger partial charge in [0.2, 0.25) is 0 Å². The van der Waals surface area contributed by atoms with Gasteiger partial charge in [-0.2, -0.15) is 13.2 Å². The molecule has 0 amide bonds. The molecule has 102 valence electrons. The van der Waals surface area contributed by atoms with Crippen molar-refractivity contribution in [1.82, 2.24) is 4.98 Å². The predicted octanol–water partition coefficient (Wildman–Crippen LogP) is 1.89. The maximum absolute atomic E-state index is 12.6. The monoisotopic (exact) mass is 263 g/mol. The molecular weight excluding hydrogens is 247 g/mol. The summed E-state index contributed by atoms with van der Waals surface area (Å²) in [5, 5.41) is 8.92. The second-order valence-electron chi connectivity index (χ2n) is 4.15. The third kappa shape index (κ3) is 3.49. The normalized spacial score (nSPS) is 11.9. The highest BCUT2D eigenvalue weighted by atomic mass is 19.4. The summed E-state index contributed by atoms with van der Waals surface area (Å²) in [6.07, 6.45) is -4.46. The van der Waals surface area contributed by atoms with Crippen molar-refractivity contribution < 1.29 is 18.3 Å². The summed E-state index contributed by atoms with van der Waals surface area (Å²) in [5.41, 5.74) is 4.55. The van der Waals surface area contributed by atoms with E-state index in [1.165, 1.54) is 0 Å². The molecule has 1 aromatic rings. The molecule has 0 aliphatic heterocycles. The Bertz CT molecular complexity index is 407. The number of hydrogen-bond acceptors (Lipinski definition) is 4. The van der Waals surface area contributed by atoms with E-state index in [0.717, 1.165) is 12.1 Å². The summed E-state index contributed by atoms with van der Waals surface area (Å²) in [5.74, 6) is -0.0743. The highest BCUT2D eigenvalue weighted by Crippen LogP contribution is 2.32. The van der Waals surface area contributed by atoms with Gasteiger partial charge in [-0.3, -0.25) is 0 Å². The first-order valence-corrected chi connectivity index (χ1v) is 5.48. The number of aromatic nitrogens is 1. The predicted molar refractivity (Wildman–Crippen MR) is 63.2 cm³/mol. The lowest BCUT2D eigenvalue weighted by Gasteiger charge is -2.27. The fourth-order valence-corrected chi connectivity index (χ4v) is 1.59. The van der Waals surface area contributed by atoms with E-state index in [-0.39, 0.29) is 30.8 Å². The molecule has 0 radical (unpaired) electrons. The first-order chi connectivity index (χ1) is 8.25. The van der Waals surface area contributed by atoms with Gasteiger partial charge in [-0.15, -0.1) is 0 Å². The van der Waals surface area contributed by atoms with Gasteiger partial charge in [0.15, 0.2) is 0 Å². The number of aliphatic hydroxyl groups excluding tert-OH is 1.